The van der Waals surface area contributed by atoms with E-state index in [2.05, 4.69) is 10.3 Å². The van der Waals surface area contributed by atoms with Crippen molar-refractivity contribution in [2.75, 3.05) is 26.7 Å². The molecule has 2 rings (SSSR count). The molecule has 0 radical (unpaired) electrons. The summed E-state index contributed by atoms with van der Waals surface area (Å²) in [5.74, 6) is 0.197. The maximum atomic E-state index is 12.3. The summed E-state index contributed by atoms with van der Waals surface area (Å²) in [6, 6.07) is 2.53. The van der Waals surface area contributed by atoms with Crippen LogP contribution in [0, 0.1) is 5.92 Å². The average Bonchev–Trinajstić information content (AvgIpc) is 2.44. The number of hydrogen-bond acceptors (Lipinski definition) is 4. The molecule has 0 aromatic carbocycles. The summed E-state index contributed by atoms with van der Waals surface area (Å²) >= 11 is 0. The van der Waals surface area contributed by atoms with E-state index in [0.717, 1.165) is 25.8 Å². The molecule has 2 heterocycles. The number of aromatic hydroxyl groups is 1. The number of hydrogen-bond donors (Lipinski definition) is 3. The van der Waals surface area contributed by atoms with Crippen molar-refractivity contribution >= 4 is 5.91 Å². The molecule has 3 N–H and O–H groups in total. The molecule has 0 bridgehead atoms. The van der Waals surface area contributed by atoms with Gasteiger partial charge in [-0.15, -0.1) is 0 Å². The molecule has 1 amide bonds. The normalized spacial score (nSPS) is 16.4. The van der Waals surface area contributed by atoms with Crippen LogP contribution in [0.25, 0.3) is 0 Å². The fraction of sp³-hybridized carbons (Fsp3) is 0.571. The van der Waals surface area contributed by atoms with Crippen LogP contribution in [-0.2, 0) is 0 Å². The molecule has 0 atom stereocenters. The highest BCUT2D eigenvalue weighted by Gasteiger charge is 2.23. The zero-order chi connectivity index (χ0) is 14.5. The van der Waals surface area contributed by atoms with Crippen LogP contribution in [0.15, 0.2) is 16.9 Å². The molecule has 0 saturated carbocycles. The van der Waals surface area contributed by atoms with Gasteiger partial charge >= 0.3 is 0 Å². The number of rotatable bonds is 4. The Balaban J connectivity index is 1.96. The van der Waals surface area contributed by atoms with Gasteiger partial charge in [-0.2, -0.15) is 0 Å². The lowest BCUT2D eigenvalue weighted by molar-refractivity contribution is 0.0686. The van der Waals surface area contributed by atoms with Crippen LogP contribution in [0.1, 0.15) is 29.6 Å². The number of H-pyrrole nitrogens is 1. The number of likely N-dealkylation sites (tertiary alicyclic amines) is 1. The first kappa shape index (κ1) is 14.6. The van der Waals surface area contributed by atoms with Gasteiger partial charge in [0.1, 0.15) is 0 Å². The van der Waals surface area contributed by atoms with E-state index in [1.54, 1.807) is 4.90 Å². The lowest BCUT2D eigenvalue weighted by Gasteiger charge is -2.32. The highest BCUT2D eigenvalue weighted by atomic mass is 16.3. The van der Waals surface area contributed by atoms with Gasteiger partial charge < -0.3 is 15.3 Å². The maximum absolute atomic E-state index is 12.3. The smallest absolute Gasteiger partial charge is 0.254 e. The molecule has 6 nitrogen and oxygen atoms in total. The summed E-state index contributed by atoms with van der Waals surface area (Å²) in [7, 11) is 1.94. The number of aromatic amines is 1. The molecule has 0 aliphatic carbocycles. The van der Waals surface area contributed by atoms with Gasteiger partial charge in [-0.25, -0.2) is 0 Å². The highest BCUT2D eigenvalue weighted by molar-refractivity contribution is 5.94. The highest BCUT2D eigenvalue weighted by Crippen LogP contribution is 2.21. The summed E-state index contributed by atoms with van der Waals surface area (Å²) in [5.41, 5.74) is -0.211. The molecular weight excluding hydrogens is 258 g/mol. The molecular formula is C14H21N3O3. The van der Waals surface area contributed by atoms with E-state index in [-0.39, 0.29) is 17.4 Å². The van der Waals surface area contributed by atoms with Crippen molar-refractivity contribution in [3.8, 4) is 5.88 Å². The minimum absolute atomic E-state index is 0.182. The van der Waals surface area contributed by atoms with Gasteiger partial charge in [0, 0.05) is 25.2 Å². The van der Waals surface area contributed by atoms with Crippen LogP contribution in [0.3, 0.4) is 0 Å². The van der Waals surface area contributed by atoms with E-state index in [1.165, 1.54) is 12.1 Å². The van der Waals surface area contributed by atoms with E-state index in [0.29, 0.717) is 19.0 Å². The summed E-state index contributed by atoms with van der Waals surface area (Å²) in [6.45, 7) is 2.42. The lowest BCUT2D eigenvalue weighted by atomic mass is 9.93. The maximum Gasteiger partial charge on any atom is 0.254 e. The molecule has 1 saturated heterocycles. The average molecular weight is 279 g/mol. The van der Waals surface area contributed by atoms with E-state index in [9.17, 15) is 14.7 Å². The van der Waals surface area contributed by atoms with E-state index in [4.69, 9.17) is 0 Å². The molecule has 20 heavy (non-hydrogen) atoms. The molecule has 1 fully saturated rings. The first-order chi connectivity index (χ1) is 9.60. The van der Waals surface area contributed by atoms with Crippen molar-refractivity contribution in [2.45, 2.75) is 19.3 Å². The Hall–Kier alpha value is -1.82. The largest absolute Gasteiger partial charge is 0.494 e. The number of carbonyl (C=O) groups excluding carboxylic acids is 1. The molecule has 1 aliphatic heterocycles. The predicted octanol–water partition coefficient (Wildman–Crippen LogP) is 0.542. The second kappa shape index (κ2) is 6.56. The molecule has 1 aliphatic rings. The number of aromatic nitrogens is 1. The van der Waals surface area contributed by atoms with Crippen LogP contribution in [-0.4, -0.2) is 47.6 Å². The minimum atomic E-state index is -0.461. The monoisotopic (exact) mass is 279 g/mol. The molecule has 0 spiro atoms. The fourth-order valence-electron chi connectivity index (χ4n) is 2.61. The van der Waals surface area contributed by atoms with Gasteiger partial charge in [0.25, 0.3) is 11.5 Å². The Kier molecular flexibility index (Phi) is 4.79. The third kappa shape index (κ3) is 3.60. The SMILES string of the molecule is CNCCC1CCN(C(=O)c2cc(O)[nH]c(=O)c2)CC1. The van der Waals surface area contributed by atoms with Gasteiger partial charge in [-0.1, -0.05) is 0 Å². The van der Waals surface area contributed by atoms with Gasteiger partial charge in [0.2, 0.25) is 0 Å². The van der Waals surface area contributed by atoms with Crippen LogP contribution in [0.4, 0.5) is 0 Å². The van der Waals surface area contributed by atoms with Crippen LogP contribution >= 0.6 is 0 Å². The van der Waals surface area contributed by atoms with Crippen molar-refractivity contribution < 1.29 is 9.90 Å². The number of piperidine rings is 1. The van der Waals surface area contributed by atoms with Crippen molar-refractivity contribution in [1.29, 1.82) is 0 Å². The lowest BCUT2D eigenvalue weighted by Crippen LogP contribution is -2.39. The van der Waals surface area contributed by atoms with Gasteiger partial charge in [0.15, 0.2) is 5.88 Å². The van der Waals surface area contributed by atoms with Gasteiger partial charge in [0.05, 0.1) is 5.56 Å². The van der Waals surface area contributed by atoms with Crippen molar-refractivity contribution in [2.24, 2.45) is 5.92 Å². The predicted molar refractivity (Wildman–Crippen MR) is 75.9 cm³/mol. The first-order valence-electron chi connectivity index (χ1n) is 6.97. The second-order valence-corrected chi connectivity index (χ2v) is 5.25. The molecule has 110 valence electrons. The van der Waals surface area contributed by atoms with E-state index >= 15 is 0 Å². The number of pyridine rings is 1. The molecule has 6 heteroatoms. The summed E-state index contributed by atoms with van der Waals surface area (Å²) in [4.78, 5) is 27.5. The number of nitrogens with zero attached hydrogens (tertiary/aromatic N) is 1. The quantitative estimate of drug-likeness (QED) is 0.751. The summed E-state index contributed by atoms with van der Waals surface area (Å²) in [6.07, 6.45) is 3.11. The number of amides is 1. The van der Waals surface area contributed by atoms with Crippen molar-refractivity contribution in [3.05, 3.63) is 28.0 Å². The van der Waals surface area contributed by atoms with E-state index < -0.39 is 5.56 Å². The zero-order valence-electron chi connectivity index (χ0n) is 11.7. The molecule has 1 aromatic rings. The van der Waals surface area contributed by atoms with Crippen LogP contribution < -0.4 is 10.9 Å². The Morgan fingerprint density at radius 1 is 1.45 bits per heavy atom. The van der Waals surface area contributed by atoms with E-state index in [1.807, 2.05) is 7.05 Å². The second-order valence-electron chi connectivity index (χ2n) is 5.25. The first-order valence-corrected chi connectivity index (χ1v) is 6.97. The third-order valence-electron chi connectivity index (χ3n) is 3.78. The topological polar surface area (TPSA) is 85.4 Å². The molecule has 0 unspecified atom stereocenters. The minimum Gasteiger partial charge on any atom is -0.494 e. The zero-order valence-corrected chi connectivity index (χ0v) is 11.7. The van der Waals surface area contributed by atoms with Crippen LogP contribution in [0.5, 0.6) is 5.88 Å². The summed E-state index contributed by atoms with van der Waals surface area (Å²) in [5, 5.41) is 12.5. The number of carbonyl (C=O) groups is 1. The summed E-state index contributed by atoms with van der Waals surface area (Å²) < 4.78 is 0. The van der Waals surface area contributed by atoms with Gasteiger partial charge in [-0.3, -0.25) is 14.6 Å². The standard InChI is InChI=1S/C14H21N3O3/c1-15-5-2-10-3-6-17(7-4-10)14(20)11-8-12(18)16-13(19)9-11/h8-10,15H,2-7H2,1H3,(H2,16,18,19). The van der Waals surface area contributed by atoms with Crippen molar-refractivity contribution in [3.63, 3.8) is 0 Å². The van der Waals surface area contributed by atoms with Crippen LogP contribution in [0.2, 0.25) is 0 Å². The molecule has 1 aromatic heterocycles. The van der Waals surface area contributed by atoms with Crippen molar-refractivity contribution in [1.82, 2.24) is 15.2 Å². The van der Waals surface area contributed by atoms with Gasteiger partial charge in [-0.05, 0) is 38.8 Å². The Morgan fingerprint density at radius 3 is 2.75 bits per heavy atom. The Bertz CT molecular complexity index is 519. The third-order valence-corrected chi connectivity index (χ3v) is 3.78. The number of nitrogens with one attached hydrogen (secondary N) is 2. The Labute approximate surface area is 117 Å². The Morgan fingerprint density at radius 2 is 2.15 bits per heavy atom. The fourth-order valence-corrected chi connectivity index (χ4v) is 2.61.